The molecule has 0 saturated heterocycles. The van der Waals surface area contributed by atoms with Crippen molar-refractivity contribution < 1.29 is 19.8 Å². The summed E-state index contributed by atoms with van der Waals surface area (Å²) in [6.45, 7) is 1.66. The second-order valence-corrected chi connectivity index (χ2v) is 6.48. The first-order valence-corrected chi connectivity index (χ1v) is 8.65. The topological polar surface area (TPSA) is 86.6 Å². The van der Waals surface area contributed by atoms with Gasteiger partial charge in [0.05, 0.1) is 16.9 Å². The molecule has 3 atom stereocenters. The predicted molar refractivity (Wildman–Crippen MR) is 103 cm³/mol. The van der Waals surface area contributed by atoms with Gasteiger partial charge in [0, 0.05) is 5.56 Å². The van der Waals surface area contributed by atoms with Gasteiger partial charge in [-0.15, -0.1) is 0 Å². The van der Waals surface area contributed by atoms with Crippen LogP contribution in [0.3, 0.4) is 0 Å². The van der Waals surface area contributed by atoms with Crippen LogP contribution in [0.4, 0.5) is 0 Å². The number of aliphatic carboxylic acids is 1. The fourth-order valence-electron chi connectivity index (χ4n) is 2.56. The standard InChI is InChI=1S/C20H21NO4S/c1-13(17(22)15-10-6-3-7-11-15)19(26)21-16(18(23)20(24)25)12-14-8-4-2-5-9-14/h2-11,13,16,18,23H,12H2,1H3,(H,21,26)(H,24,25). The molecule has 0 bridgehead atoms. The molecule has 0 amide bonds. The van der Waals surface area contributed by atoms with E-state index in [9.17, 15) is 14.7 Å². The Morgan fingerprint density at radius 3 is 2.12 bits per heavy atom. The van der Waals surface area contributed by atoms with E-state index in [4.69, 9.17) is 17.3 Å². The summed E-state index contributed by atoms with van der Waals surface area (Å²) in [6, 6.07) is 17.1. The van der Waals surface area contributed by atoms with Crippen LogP contribution in [-0.4, -0.2) is 39.1 Å². The Morgan fingerprint density at radius 2 is 1.58 bits per heavy atom. The number of carboxylic acids is 1. The van der Waals surface area contributed by atoms with E-state index in [2.05, 4.69) is 5.32 Å². The van der Waals surface area contributed by atoms with Crippen LogP contribution in [0.1, 0.15) is 22.8 Å². The van der Waals surface area contributed by atoms with Gasteiger partial charge in [-0.05, 0) is 18.9 Å². The smallest absolute Gasteiger partial charge is 0.334 e. The first-order chi connectivity index (χ1) is 12.4. The van der Waals surface area contributed by atoms with Crippen LogP contribution in [0.2, 0.25) is 0 Å². The summed E-state index contributed by atoms with van der Waals surface area (Å²) in [5, 5.41) is 22.1. The minimum atomic E-state index is -1.65. The first-order valence-electron chi connectivity index (χ1n) is 8.24. The molecular weight excluding hydrogens is 350 g/mol. The third-order valence-corrected chi connectivity index (χ3v) is 4.58. The van der Waals surface area contributed by atoms with Crippen molar-refractivity contribution in [1.29, 1.82) is 0 Å². The number of carboxylic acid groups (broad SMARTS) is 1. The van der Waals surface area contributed by atoms with Crippen molar-refractivity contribution in [2.75, 3.05) is 0 Å². The molecule has 0 saturated carbocycles. The van der Waals surface area contributed by atoms with Crippen LogP contribution in [-0.2, 0) is 11.2 Å². The number of benzene rings is 2. The fourth-order valence-corrected chi connectivity index (χ4v) is 2.82. The van der Waals surface area contributed by atoms with Gasteiger partial charge in [0.15, 0.2) is 11.9 Å². The highest BCUT2D eigenvalue weighted by atomic mass is 32.1. The molecule has 0 aliphatic heterocycles. The highest BCUT2D eigenvalue weighted by molar-refractivity contribution is 7.80. The Balaban J connectivity index is 2.12. The lowest BCUT2D eigenvalue weighted by Crippen LogP contribution is -2.49. The Morgan fingerprint density at radius 1 is 1.04 bits per heavy atom. The third kappa shape index (κ3) is 5.21. The van der Waals surface area contributed by atoms with E-state index in [0.717, 1.165) is 5.56 Å². The predicted octanol–water partition coefficient (Wildman–Crippen LogP) is 2.48. The van der Waals surface area contributed by atoms with Gasteiger partial charge in [0.25, 0.3) is 0 Å². The minimum Gasteiger partial charge on any atom is -0.479 e. The fraction of sp³-hybridized carbons (Fsp3) is 0.250. The SMILES string of the molecule is CC(C(=O)c1ccccc1)C(=S)NC(Cc1ccccc1)C(O)C(=O)O. The molecule has 0 heterocycles. The molecule has 5 nitrogen and oxygen atoms in total. The zero-order valence-corrected chi connectivity index (χ0v) is 15.1. The number of aliphatic hydroxyl groups excluding tert-OH is 1. The van der Waals surface area contributed by atoms with Crippen molar-refractivity contribution in [2.45, 2.75) is 25.5 Å². The van der Waals surface area contributed by atoms with Gasteiger partial charge in [-0.2, -0.15) is 0 Å². The second-order valence-electron chi connectivity index (χ2n) is 6.04. The molecule has 136 valence electrons. The van der Waals surface area contributed by atoms with Gasteiger partial charge in [0.1, 0.15) is 0 Å². The number of Topliss-reactive ketones (excluding diaryl/α,β-unsaturated/α-hetero) is 1. The maximum absolute atomic E-state index is 12.5. The maximum atomic E-state index is 12.5. The molecule has 0 aliphatic rings. The Bertz CT molecular complexity index is 764. The van der Waals surface area contributed by atoms with Gasteiger partial charge in [0.2, 0.25) is 0 Å². The largest absolute Gasteiger partial charge is 0.479 e. The summed E-state index contributed by atoms with van der Waals surface area (Å²) in [5.74, 6) is -2.14. The van der Waals surface area contributed by atoms with E-state index in [0.29, 0.717) is 5.56 Å². The summed E-state index contributed by atoms with van der Waals surface area (Å²) in [6.07, 6.45) is -1.38. The van der Waals surface area contributed by atoms with Crippen molar-refractivity contribution >= 4 is 29.0 Å². The number of rotatable bonds is 8. The summed E-state index contributed by atoms with van der Waals surface area (Å²) < 4.78 is 0. The molecule has 0 aliphatic carbocycles. The van der Waals surface area contributed by atoms with E-state index < -0.39 is 24.0 Å². The van der Waals surface area contributed by atoms with Crippen LogP contribution < -0.4 is 5.32 Å². The number of carbonyl (C=O) groups is 2. The summed E-state index contributed by atoms with van der Waals surface area (Å²) >= 11 is 5.32. The Labute approximate surface area is 157 Å². The number of ketones is 1. The molecular formula is C20H21NO4S. The van der Waals surface area contributed by atoms with Gasteiger partial charge in [-0.1, -0.05) is 72.9 Å². The van der Waals surface area contributed by atoms with Crippen LogP contribution in [0.15, 0.2) is 60.7 Å². The summed E-state index contributed by atoms with van der Waals surface area (Å²) in [5.41, 5.74) is 1.39. The monoisotopic (exact) mass is 371 g/mol. The van der Waals surface area contributed by atoms with Crippen LogP contribution >= 0.6 is 12.2 Å². The van der Waals surface area contributed by atoms with E-state index in [1.165, 1.54) is 0 Å². The second kappa shape index (κ2) is 9.22. The lowest BCUT2D eigenvalue weighted by molar-refractivity contribution is -0.147. The van der Waals surface area contributed by atoms with E-state index in [1.807, 2.05) is 36.4 Å². The van der Waals surface area contributed by atoms with E-state index >= 15 is 0 Å². The molecule has 2 aromatic carbocycles. The van der Waals surface area contributed by atoms with Crippen molar-refractivity contribution in [3.63, 3.8) is 0 Å². The summed E-state index contributed by atoms with van der Waals surface area (Å²) in [7, 11) is 0. The molecule has 26 heavy (non-hydrogen) atoms. The summed E-state index contributed by atoms with van der Waals surface area (Å²) in [4.78, 5) is 24.0. The average Bonchev–Trinajstić information content (AvgIpc) is 2.67. The first kappa shape index (κ1) is 19.8. The van der Waals surface area contributed by atoms with Gasteiger partial charge in [-0.25, -0.2) is 4.79 Å². The molecule has 0 fully saturated rings. The zero-order valence-electron chi connectivity index (χ0n) is 14.3. The van der Waals surface area contributed by atoms with E-state index in [1.54, 1.807) is 31.2 Å². The van der Waals surface area contributed by atoms with Crippen molar-refractivity contribution in [3.8, 4) is 0 Å². The lowest BCUT2D eigenvalue weighted by atomic mass is 9.97. The van der Waals surface area contributed by atoms with Crippen molar-refractivity contribution in [2.24, 2.45) is 5.92 Å². The highest BCUT2D eigenvalue weighted by Gasteiger charge is 2.29. The number of aliphatic hydroxyl groups is 1. The minimum absolute atomic E-state index is 0.161. The molecule has 0 radical (unpaired) electrons. The third-order valence-electron chi connectivity index (χ3n) is 4.11. The van der Waals surface area contributed by atoms with Gasteiger partial charge in [-0.3, -0.25) is 4.79 Å². The Kier molecular flexibility index (Phi) is 7.00. The lowest BCUT2D eigenvalue weighted by Gasteiger charge is -2.25. The molecule has 6 heteroatoms. The zero-order chi connectivity index (χ0) is 19.1. The number of thiocarbonyl (C=S) groups is 1. The van der Waals surface area contributed by atoms with Crippen molar-refractivity contribution in [1.82, 2.24) is 5.32 Å². The van der Waals surface area contributed by atoms with Crippen molar-refractivity contribution in [3.05, 3.63) is 71.8 Å². The van der Waals surface area contributed by atoms with Gasteiger partial charge < -0.3 is 15.5 Å². The molecule has 0 spiro atoms. The average molecular weight is 371 g/mol. The molecule has 0 aromatic heterocycles. The van der Waals surface area contributed by atoms with Crippen LogP contribution in [0.5, 0.6) is 0 Å². The van der Waals surface area contributed by atoms with Crippen LogP contribution in [0.25, 0.3) is 0 Å². The number of hydrogen-bond donors (Lipinski definition) is 3. The van der Waals surface area contributed by atoms with E-state index in [-0.39, 0.29) is 17.2 Å². The highest BCUT2D eigenvalue weighted by Crippen LogP contribution is 2.13. The number of hydrogen-bond acceptors (Lipinski definition) is 4. The molecule has 3 unspecified atom stereocenters. The normalized spacial score (nSPS) is 14.1. The molecule has 2 rings (SSSR count). The molecule has 3 N–H and O–H groups in total. The number of nitrogens with one attached hydrogen (secondary N) is 1. The van der Waals surface area contributed by atoms with Gasteiger partial charge >= 0.3 is 5.97 Å². The quantitative estimate of drug-likeness (QED) is 0.488. The molecule has 2 aromatic rings. The maximum Gasteiger partial charge on any atom is 0.334 e. The van der Waals surface area contributed by atoms with Crippen LogP contribution in [0, 0.1) is 5.92 Å². The Hall–Kier alpha value is -2.57. The number of carbonyl (C=O) groups excluding carboxylic acids is 1.